The fraction of sp³-hybridized carbons (Fsp3) is 0.600. The van der Waals surface area contributed by atoms with Gasteiger partial charge in [0.15, 0.2) is 0 Å². The molecule has 0 radical (unpaired) electrons. The summed E-state index contributed by atoms with van der Waals surface area (Å²) in [4.78, 5) is 0. The molecule has 0 fully saturated rings. The van der Waals surface area contributed by atoms with Crippen molar-refractivity contribution >= 4 is 11.7 Å². The maximum Gasteiger partial charge on any atom is 0.0880 e. The molecular weight excluding hydrogens is 134 g/mol. The fourth-order valence-corrected chi connectivity index (χ4v) is 0.947. The molecule has 1 N–H and O–H groups in total. The van der Waals surface area contributed by atoms with Gasteiger partial charge in [-0.15, -0.1) is 0 Å². The summed E-state index contributed by atoms with van der Waals surface area (Å²) in [5.41, 5.74) is 1.03. The molecule has 1 aromatic heterocycles. The van der Waals surface area contributed by atoms with Crippen molar-refractivity contribution in [2.24, 2.45) is 0 Å². The molecule has 9 heavy (non-hydrogen) atoms. The topological polar surface area (TPSA) is 37.8 Å². The van der Waals surface area contributed by atoms with E-state index in [2.05, 4.69) is 21.0 Å². The smallest absolute Gasteiger partial charge is 0.0880 e. The van der Waals surface area contributed by atoms with Crippen molar-refractivity contribution in [1.82, 2.24) is 14.1 Å². The molecule has 0 atom stereocenters. The Balaban J connectivity index is 2.30. The van der Waals surface area contributed by atoms with E-state index in [4.69, 9.17) is 0 Å². The van der Waals surface area contributed by atoms with Gasteiger partial charge in [-0.25, -0.2) is 0 Å². The molecule has 0 unspecified atom stereocenters. The zero-order valence-corrected chi connectivity index (χ0v) is 6.11. The van der Waals surface area contributed by atoms with Crippen molar-refractivity contribution < 1.29 is 0 Å². The Kier molecular flexibility index (Phi) is 2.60. The lowest BCUT2D eigenvalue weighted by Gasteiger charge is -1.92. The van der Waals surface area contributed by atoms with Crippen LogP contribution in [0.25, 0.3) is 0 Å². The highest BCUT2D eigenvalue weighted by Gasteiger charge is 1.91. The Hall–Kier alpha value is -0.480. The van der Waals surface area contributed by atoms with E-state index in [1.54, 1.807) is 6.20 Å². The van der Waals surface area contributed by atoms with Crippen LogP contribution in [0.1, 0.15) is 12.6 Å². The summed E-state index contributed by atoms with van der Waals surface area (Å²) < 4.78 is 7.89. The van der Waals surface area contributed by atoms with Crippen molar-refractivity contribution in [3.05, 3.63) is 11.9 Å². The van der Waals surface area contributed by atoms with Crippen LogP contribution >= 0.6 is 11.7 Å². The molecule has 4 heteroatoms. The number of aromatic nitrogens is 2. The van der Waals surface area contributed by atoms with Crippen LogP contribution in [0.4, 0.5) is 0 Å². The van der Waals surface area contributed by atoms with E-state index >= 15 is 0 Å². The van der Waals surface area contributed by atoms with Gasteiger partial charge in [0, 0.05) is 6.54 Å². The molecule has 1 heterocycles. The molecule has 0 amide bonds. The molecular formula is C5H9N3S. The van der Waals surface area contributed by atoms with E-state index < -0.39 is 0 Å². The van der Waals surface area contributed by atoms with E-state index in [0.717, 1.165) is 18.8 Å². The summed E-state index contributed by atoms with van der Waals surface area (Å²) in [6, 6.07) is 0. The first-order valence-electron chi connectivity index (χ1n) is 2.90. The fourth-order valence-electron chi connectivity index (χ4n) is 0.515. The molecule has 0 aromatic carbocycles. The zero-order valence-electron chi connectivity index (χ0n) is 5.29. The standard InChI is InChI=1S/C5H9N3S/c1-2-6-3-5-4-7-9-8-5/h4,6H,2-3H2,1H3. The molecule has 50 valence electrons. The van der Waals surface area contributed by atoms with E-state index in [0.29, 0.717) is 0 Å². The highest BCUT2D eigenvalue weighted by molar-refractivity contribution is 6.99. The molecule has 0 aliphatic carbocycles. The molecule has 0 saturated heterocycles. The highest BCUT2D eigenvalue weighted by Crippen LogP contribution is 1.92. The van der Waals surface area contributed by atoms with Gasteiger partial charge in [0.25, 0.3) is 0 Å². The largest absolute Gasteiger partial charge is 0.311 e. The first-order chi connectivity index (χ1) is 4.43. The molecule has 0 aliphatic heterocycles. The second kappa shape index (κ2) is 3.53. The molecule has 0 bridgehead atoms. The monoisotopic (exact) mass is 143 g/mol. The predicted molar refractivity (Wildman–Crippen MR) is 37.3 cm³/mol. The normalized spacial score (nSPS) is 9.89. The summed E-state index contributed by atoms with van der Waals surface area (Å²) in [5, 5.41) is 3.15. The quantitative estimate of drug-likeness (QED) is 0.675. The van der Waals surface area contributed by atoms with Gasteiger partial charge in [-0.2, -0.15) is 8.75 Å². The van der Waals surface area contributed by atoms with Gasteiger partial charge in [-0.3, -0.25) is 0 Å². The average molecular weight is 143 g/mol. The van der Waals surface area contributed by atoms with E-state index in [-0.39, 0.29) is 0 Å². The zero-order chi connectivity index (χ0) is 6.53. The van der Waals surface area contributed by atoms with Crippen molar-refractivity contribution in [3.63, 3.8) is 0 Å². The van der Waals surface area contributed by atoms with Crippen LogP contribution < -0.4 is 5.32 Å². The third-order valence-corrected chi connectivity index (χ3v) is 1.48. The minimum absolute atomic E-state index is 0.840. The Labute approximate surface area is 58.4 Å². The van der Waals surface area contributed by atoms with Crippen LogP contribution in [0, 0.1) is 0 Å². The molecule has 0 saturated carbocycles. The van der Waals surface area contributed by atoms with E-state index in [9.17, 15) is 0 Å². The molecule has 1 aromatic rings. The molecule has 3 nitrogen and oxygen atoms in total. The molecule has 0 spiro atoms. The lowest BCUT2D eigenvalue weighted by Crippen LogP contribution is -2.11. The third kappa shape index (κ3) is 2.07. The summed E-state index contributed by atoms with van der Waals surface area (Å²) in [6.45, 7) is 3.89. The van der Waals surface area contributed by atoms with Crippen molar-refractivity contribution in [2.45, 2.75) is 13.5 Å². The SMILES string of the molecule is CCNCc1cnsn1. The van der Waals surface area contributed by atoms with Crippen LogP contribution in [-0.4, -0.2) is 15.3 Å². The summed E-state index contributed by atoms with van der Waals surface area (Å²) >= 11 is 1.25. The van der Waals surface area contributed by atoms with Crippen LogP contribution in [0.15, 0.2) is 6.20 Å². The lowest BCUT2D eigenvalue weighted by atomic mass is 10.5. The van der Waals surface area contributed by atoms with Gasteiger partial charge in [0.2, 0.25) is 0 Å². The maximum absolute atomic E-state index is 4.02. The minimum Gasteiger partial charge on any atom is -0.311 e. The van der Waals surface area contributed by atoms with Crippen LogP contribution in [0.2, 0.25) is 0 Å². The molecule has 0 aliphatic rings. The third-order valence-electron chi connectivity index (χ3n) is 0.963. The van der Waals surface area contributed by atoms with Gasteiger partial charge in [-0.05, 0) is 6.54 Å². The van der Waals surface area contributed by atoms with Crippen LogP contribution in [0.3, 0.4) is 0 Å². The van der Waals surface area contributed by atoms with Gasteiger partial charge in [-0.1, -0.05) is 6.92 Å². The van der Waals surface area contributed by atoms with Gasteiger partial charge >= 0.3 is 0 Å². The second-order valence-electron chi connectivity index (χ2n) is 1.68. The number of rotatable bonds is 3. The number of nitrogens with one attached hydrogen (secondary N) is 1. The maximum atomic E-state index is 4.02. The summed E-state index contributed by atoms with van der Waals surface area (Å²) in [6.07, 6.45) is 1.79. The second-order valence-corrected chi connectivity index (χ2v) is 2.24. The predicted octanol–water partition coefficient (Wildman–Crippen LogP) is 0.648. The van der Waals surface area contributed by atoms with Crippen molar-refractivity contribution in [1.29, 1.82) is 0 Å². The van der Waals surface area contributed by atoms with Crippen LogP contribution in [-0.2, 0) is 6.54 Å². The van der Waals surface area contributed by atoms with Crippen molar-refractivity contribution in [2.75, 3.05) is 6.54 Å². The number of nitrogens with zero attached hydrogens (tertiary/aromatic N) is 2. The van der Waals surface area contributed by atoms with Crippen LogP contribution in [0.5, 0.6) is 0 Å². The Bertz CT molecular complexity index is 149. The first kappa shape index (κ1) is 6.64. The van der Waals surface area contributed by atoms with Gasteiger partial charge < -0.3 is 5.32 Å². The Morgan fingerprint density at radius 2 is 2.67 bits per heavy atom. The van der Waals surface area contributed by atoms with Gasteiger partial charge in [0.05, 0.1) is 23.6 Å². The van der Waals surface area contributed by atoms with E-state index in [1.165, 1.54) is 11.7 Å². The highest BCUT2D eigenvalue weighted by atomic mass is 32.1. The first-order valence-corrected chi connectivity index (χ1v) is 3.63. The average Bonchev–Trinajstić information content (AvgIpc) is 2.34. The Morgan fingerprint density at radius 3 is 3.22 bits per heavy atom. The number of hydrogen-bond donors (Lipinski definition) is 1. The minimum atomic E-state index is 0.840. The van der Waals surface area contributed by atoms with E-state index in [1.807, 2.05) is 0 Å². The summed E-state index contributed by atoms with van der Waals surface area (Å²) in [5.74, 6) is 0. The van der Waals surface area contributed by atoms with Gasteiger partial charge in [0.1, 0.15) is 0 Å². The Morgan fingerprint density at radius 1 is 1.78 bits per heavy atom. The molecule has 1 rings (SSSR count). The summed E-state index contributed by atoms with van der Waals surface area (Å²) in [7, 11) is 0. The number of hydrogen-bond acceptors (Lipinski definition) is 4. The lowest BCUT2D eigenvalue weighted by molar-refractivity contribution is 0.716. The van der Waals surface area contributed by atoms with Crippen molar-refractivity contribution in [3.8, 4) is 0 Å².